The van der Waals surface area contributed by atoms with Gasteiger partial charge in [-0.3, -0.25) is 4.79 Å². The molecule has 1 aromatic carbocycles. The molecule has 0 saturated heterocycles. The molecule has 128 valence electrons. The molecule has 24 heavy (non-hydrogen) atoms. The van der Waals surface area contributed by atoms with Crippen molar-refractivity contribution in [1.29, 1.82) is 0 Å². The summed E-state index contributed by atoms with van der Waals surface area (Å²) in [6.07, 6.45) is 0. The van der Waals surface area contributed by atoms with Crippen LogP contribution in [0, 0.1) is 0 Å². The van der Waals surface area contributed by atoms with Crippen LogP contribution in [0.15, 0.2) is 18.2 Å². The van der Waals surface area contributed by atoms with Crippen molar-refractivity contribution in [1.82, 2.24) is 19.7 Å². The number of fused-ring (bicyclic) bond motifs is 1. The first kappa shape index (κ1) is 16.1. The molecule has 0 N–H and O–H groups in total. The molecular formula is C16H20N4O4. The minimum Gasteiger partial charge on any atom is -0.486 e. The third-order valence-corrected chi connectivity index (χ3v) is 4.05. The molecule has 1 atom stereocenters. The molecule has 0 radical (unpaired) electrons. The number of methoxy groups -OCH3 is 1. The number of nitrogens with zero attached hydrogens (tertiary/aromatic N) is 4. The Morgan fingerprint density at radius 2 is 2.04 bits per heavy atom. The number of carbonyl (C=O) groups excluding carboxylic acids is 1. The Bertz CT molecular complexity index is 759. The molecule has 1 aliphatic heterocycles. The fourth-order valence-electron chi connectivity index (χ4n) is 2.52. The van der Waals surface area contributed by atoms with Gasteiger partial charge in [0, 0.05) is 14.1 Å². The van der Waals surface area contributed by atoms with Gasteiger partial charge in [-0.1, -0.05) is 6.07 Å². The maximum atomic E-state index is 12.6. The second kappa shape index (κ2) is 6.38. The topological polar surface area (TPSA) is 78.7 Å². The minimum absolute atomic E-state index is 0.0984. The standard InChI is InChI=1S/C16H20N4O4/c1-10(11-5-6-12-13(9-11)24-8-7-23-12)19(2)15(21)14-17-16(22-4)20(3)18-14/h5-6,9-10H,7-8H2,1-4H3. The van der Waals surface area contributed by atoms with Gasteiger partial charge in [0.05, 0.1) is 13.2 Å². The van der Waals surface area contributed by atoms with Gasteiger partial charge in [-0.25, -0.2) is 4.68 Å². The lowest BCUT2D eigenvalue weighted by atomic mass is 10.1. The van der Waals surface area contributed by atoms with Crippen molar-refractivity contribution in [3.8, 4) is 17.5 Å². The molecule has 2 heterocycles. The number of amides is 1. The predicted octanol–water partition coefficient (Wildman–Crippen LogP) is 1.43. The van der Waals surface area contributed by atoms with E-state index in [2.05, 4.69) is 10.1 Å². The minimum atomic E-state index is -0.281. The molecule has 1 unspecified atom stereocenters. The predicted molar refractivity (Wildman–Crippen MR) is 85.5 cm³/mol. The van der Waals surface area contributed by atoms with E-state index >= 15 is 0 Å². The Hall–Kier alpha value is -2.77. The molecule has 1 amide bonds. The second-order valence-corrected chi connectivity index (χ2v) is 5.54. The molecule has 1 aliphatic rings. The smallest absolute Gasteiger partial charge is 0.314 e. The Morgan fingerprint density at radius 1 is 1.33 bits per heavy atom. The molecular weight excluding hydrogens is 312 g/mol. The van der Waals surface area contributed by atoms with Crippen LogP contribution in [0.25, 0.3) is 0 Å². The highest BCUT2D eigenvalue weighted by Gasteiger charge is 2.25. The summed E-state index contributed by atoms with van der Waals surface area (Å²) in [4.78, 5) is 18.3. The number of aromatic nitrogens is 3. The first-order valence-corrected chi connectivity index (χ1v) is 7.63. The summed E-state index contributed by atoms with van der Waals surface area (Å²) in [6, 6.07) is 5.80. The molecule has 2 aromatic rings. The van der Waals surface area contributed by atoms with E-state index in [1.54, 1.807) is 19.0 Å². The van der Waals surface area contributed by atoms with Gasteiger partial charge in [0.2, 0.25) is 5.82 Å². The molecule has 0 saturated carbocycles. The molecule has 1 aromatic heterocycles. The highest BCUT2D eigenvalue weighted by atomic mass is 16.6. The van der Waals surface area contributed by atoms with Crippen molar-refractivity contribution in [2.75, 3.05) is 27.4 Å². The average Bonchev–Trinajstić information content (AvgIpc) is 3.00. The van der Waals surface area contributed by atoms with Gasteiger partial charge < -0.3 is 19.1 Å². The van der Waals surface area contributed by atoms with Crippen molar-refractivity contribution in [2.24, 2.45) is 7.05 Å². The normalized spacial score (nSPS) is 14.2. The summed E-state index contributed by atoms with van der Waals surface area (Å²) in [6.45, 7) is 3.01. The van der Waals surface area contributed by atoms with Gasteiger partial charge in [0.25, 0.3) is 5.91 Å². The fraction of sp³-hybridized carbons (Fsp3) is 0.438. The summed E-state index contributed by atoms with van der Waals surface area (Å²) in [5, 5.41) is 4.09. The Balaban J connectivity index is 1.80. The SMILES string of the molecule is COc1nc(C(=O)N(C)C(C)c2ccc3c(c2)OCCO3)nn1C. The van der Waals surface area contributed by atoms with Crippen molar-refractivity contribution < 1.29 is 19.0 Å². The largest absolute Gasteiger partial charge is 0.486 e. The van der Waals surface area contributed by atoms with Gasteiger partial charge >= 0.3 is 6.01 Å². The van der Waals surface area contributed by atoms with E-state index in [-0.39, 0.29) is 17.8 Å². The molecule has 8 heteroatoms. The van der Waals surface area contributed by atoms with E-state index in [4.69, 9.17) is 14.2 Å². The zero-order valence-corrected chi connectivity index (χ0v) is 14.1. The van der Waals surface area contributed by atoms with Crippen LogP contribution in [0.2, 0.25) is 0 Å². The monoisotopic (exact) mass is 332 g/mol. The lowest BCUT2D eigenvalue weighted by molar-refractivity contribution is 0.0729. The summed E-state index contributed by atoms with van der Waals surface area (Å²) < 4.78 is 17.6. The number of hydrogen-bond acceptors (Lipinski definition) is 6. The van der Waals surface area contributed by atoms with E-state index < -0.39 is 0 Å². The first-order valence-electron chi connectivity index (χ1n) is 7.63. The third kappa shape index (κ3) is 2.86. The fourth-order valence-corrected chi connectivity index (χ4v) is 2.52. The summed E-state index contributed by atoms with van der Waals surface area (Å²) in [5.41, 5.74) is 0.943. The highest BCUT2D eigenvalue weighted by molar-refractivity contribution is 5.90. The number of benzene rings is 1. The zero-order chi connectivity index (χ0) is 17.3. The zero-order valence-electron chi connectivity index (χ0n) is 14.1. The van der Waals surface area contributed by atoms with E-state index in [0.717, 1.165) is 11.3 Å². The van der Waals surface area contributed by atoms with E-state index in [9.17, 15) is 4.79 Å². The number of ether oxygens (including phenoxy) is 3. The molecule has 0 spiro atoms. The van der Waals surface area contributed by atoms with Crippen molar-refractivity contribution in [3.05, 3.63) is 29.6 Å². The number of rotatable bonds is 4. The van der Waals surface area contributed by atoms with Crippen molar-refractivity contribution in [3.63, 3.8) is 0 Å². The number of hydrogen-bond donors (Lipinski definition) is 0. The Labute approximate surface area is 139 Å². The van der Waals surface area contributed by atoms with E-state index in [0.29, 0.717) is 25.0 Å². The van der Waals surface area contributed by atoms with Crippen LogP contribution < -0.4 is 14.2 Å². The van der Waals surface area contributed by atoms with E-state index in [1.807, 2.05) is 25.1 Å². The van der Waals surface area contributed by atoms with Crippen LogP contribution in [0.1, 0.15) is 29.1 Å². The van der Waals surface area contributed by atoms with E-state index in [1.165, 1.54) is 11.8 Å². The molecule has 3 rings (SSSR count). The first-order chi connectivity index (χ1) is 11.5. The van der Waals surface area contributed by atoms with Crippen LogP contribution in [0.3, 0.4) is 0 Å². The Kier molecular flexibility index (Phi) is 4.28. The highest BCUT2D eigenvalue weighted by Crippen LogP contribution is 2.33. The van der Waals surface area contributed by atoms with Gasteiger partial charge in [-0.2, -0.15) is 4.98 Å². The van der Waals surface area contributed by atoms with Crippen LogP contribution in [-0.4, -0.2) is 52.9 Å². The molecule has 0 fully saturated rings. The van der Waals surface area contributed by atoms with Crippen molar-refractivity contribution in [2.45, 2.75) is 13.0 Å². The van der Waals surface area contributed by atoms with Gasteiger partial charge in [0.15, 0.2) is 11.5 Å². The van der Waals surface area contributed by atoms with Gasteiger partial charge in [-0.15, -0.1) is 5.10 Å². The maximum absolute atomic E-state index is 12.6. The van der Waals surface area contributed by atoms with Crippen LogP contribution in [-0.2, 0) is 7.05 Å². The summed E-state index contributed by atoms with van der Waals surface area (Å²) in [7, 11) is 4.87. The molecule has 0 aliphatic carbocycles. The molecule has 0 bridgehead atoms. The van der Waals surface area contributed by atoms with Crippen molar-refractivity contribution >= 4 is 5.91 Å². The summed E-state index contributed by atoms with van der Waals surface area (Å²) >= 11 is 0. The number of aryl methyl sites for hydroxylation is 1. The average molecular weight is 332 g/mol. The lowest BCUT2D eigenvalue weighted by Crippen LogP contribution is -2.30. The Morgan fingerprint density at radius 3 is 2.71 bits per heavy atom. The third-order valence-electron chi connectivity index (χ3n) is 4.05. The van der Waals surface area contributed by atoms with Gasteiger partial charge in [-0.05, 0) is 24.6 Å². The second-order valence-electron chi connectivity index (χ2n) is 5.54. The number of carbonyl (C=O) groups is 1. The van der Waals surface area contributed by atoms with Crippen LogP contribution >= 0.6 is 0 Å². The van der Waals surface area contributed by atoms with Crippen LogP contribution in [0.5, 0.6) is 17.5 Å². The summed E-state index contributed by atoms with van der Waals surface area (Å²) in [5.74, 6) is 1.24. The quantitative estimate of drug-likeness (QED) is 0.843. The maximum Gasteiger partial charge on any atom is 0.314 e. The molecule has 8 nitrogen and oxygen atoms in total. The lowest BCUT2D eigenvalue weighted by Gasteiger charge is -2.26. The van der Waals surface area contributed by atoms with Gasteiger partial charge in [0.1, 0.15) is 13.2 Å². The van der Waals surface area contributed by atoms with Crippen LogP contribution in [0.4, 0.5) is 0 Å².